The average molecular weight is 743 g/mol. The molecule has 16 nitrogen and oxygen atoms in total. The summed E-state index contributed by atoms with van der Waals surface area (Å²) in [6.45, 7) is -0.180. The zero-order chi connectivity index (χ0) is 37.0. The second-order valence-electron chi connectivity index (χ2n) is 12.0. The van der Waals surface area contributed by atoms with Crippen LogP contribution in [-0.2, 0) is 25.3 Å². The van der Waals surface area contributed by atoms with Crippen LogP contribution in [0.4, 0.5) is 5.69 Å². The number of amides is 1. The molecule has 0 aromatic heterocycles. The molecule has 270 valence electrons. The van der Waals surface area contributed by atoms with Gasteiger partial charge >= 0.3 is 20.9 Å². The van der Waals surface area contributed by atoms with E-state index in [-0.39, 0.29) is 50.8 Å². The Hall–Kier alpha value is -4.34. The highest BCUT2D eigenvalue weighted by molar-refractivity contribution is 7.72. The van der Waals surface area contributed by atoms with Crippen molar-refractivity contribution in [2.45, 2.75) is 24.5 Å². The number of nitrogens with one attached hydrogen (secondary N) is 1. The van der Waals surface area contributed by atoms with Crippen molar-refractivity contribution in [3.05, 3.63) is 94.0 Å². The van der Waals surface area contributed by atoms with Gasteiger partial charge in [-0.25, -0.2) is 5.43 Å². The summed E-state index contributed by atoms with van der Waals surface area (Å²) >= 11 is 0. The van der Waals surface area contributed by atoms with Crippen LogP contribution in [0.3, 0.4) is 0 Å². The maximum Gasteiger partial charge on any atom is 0.369 e. The molecule has 5 aromatic rings. The monoisotopic (exact) mass is 742 g/mol. The zero-order valence-electron chi connectivity index (χ0n) is 27.3. The lowest BCUT2D eigenvalue weighted by molar-refractivity contribution is -0.385. The number of nitro benzene ring substituents is 1. The first kappa shape index (κ1) is 37.9. The van der Waals surface area contributed by atoms with E-state index in [9.17, 15) is 48.7 Å². The summed E-state index contributed by atoms with van der Waals surface area (Å²) in [6, 6.07) is 22.6. The third kappa shape index (κ3) is 8.76. The topological polar surface area (TPSA) is 242 Å². The van der Waals surface area contributed by atoms with Crippen LogP contribution in [0, 0.1) is 10.1 Å². The van der Waals surface area contributed by atoms with Crippen LogP contribution in [0.15, 0.2) is 77.9 Å². The van der Waals surface area contributed by atoms with Crippen LogP contribution in [0.5, 0.6) is 5.75 Å². The number of benzene rings is 5. The number of carbonyl (C=O) groups excluding carboxylic acids is 1. The molecule has 0 bridgehead atoms. The minimum absolute atomic E-state index is 0.0340. The molecule has 6 N–H and O–H groups in total. The van der Waals surface area contributed by atoms with E-state index < -0.39 is 37.5 Å². The lowest BCUT2D eigenvalue weighted by atomic mass is 9.93. The Bertz CT molecular complexity index is 2100. The summed E-state index contributed by atoms with van der Waals surface area (Å²) in [5.41, 5.74) is 3.33. The summed E-state index contributed by atoms with van der Waals surface area (Å²) < 4.78 is 34.3. The second kappa shape index (κ2) is 15.5. The van der Waals surface area contributed by atoms with Crippen molar-refractivity contribution in [2.24, 2.45) is 5.10 Å². The van der Waals surface area contributed by atoms with E-state index in [1.165, 1.54) is 57.9 Å². The molecule has 18 heteroatoms. The molecular weight excluding hydrogens is 706 g/mol. The zero-order valence-corrected chi connectivity index (χ0v) is 29.1. The van der Waals surface area contributed by atoms with E-state index in [1.807, 2.05) is 18.2 Å². The fourth-order valence-corrected chi connectivity index (χ4v) is 7.82. The molecule has 5 rings (SSSR count). The predicted octanol–water partition coefficient (Wildman–Crippen LogP) is 4.25. The standard InChI is InChI=1S/C33H36N4O12P2/c1-36(14-12-33(39,50(42,43)44)51(45,46)47)13-3-15-49-29-18-22(6-11-28(29)37(40)41)19-34-35-30(38)21-48-20-23-16-26-9-7-24-4-2-5-25-8-10-27(17-23)32(26)31(24)25/h2,4-11,16-19,39H,3,12-15,20-21H2,1H3,(H,35,38)(H2,42,43,44)(H2,45,46,47)/b34-19+. The van der Waals surface area contributed by atoms with E-state index in [0.29, 0.717) is 5.56 Å². The highest BCUT2D eigenvalue weighted by Crippen LogP contribution is 2.68. The Labute approximate surface area is 291 Å². The first-order valence-corrected chi connectivity index (χ1v) is 18.8. The van der Waals surface area contributed by atoms with Crippen LogP contribution in [-0.4, -0.2) is 85.1 Å². The van der Waals surface area contributed by atoms with Gasteiger partial charge in [0, 0.05) is 25.6 Å². The van der Waals surface area contributed by atoms with Gasteiger partial charge in [-0.2, -0.15) is 5.10 Å². The van der Waals surface area contributed by atoms with Gasteiger partial charge in [0.1, 0.15) is 6.61 Å². The lowest BCUT2D eigenvalue weighted by Gasteiger charge is -2.30. The van der Waals surface area contributed by atoms with E-state index in [0.717, 1.165) is 16.3 Å². The molecule has 0 aliphatic rings. The highest BCUT2D eigenvalue weighted by atomic mass is 31.2. The summed E-state index contributed by atoms with van der Waals surface area (Å²) in [6.07, 6.45) is 0.627. The summed E-state index contributed by atoms with van der Waals surface area (Å²) in [7, 11) is -9.64. The molecule has 0 aliphatic carbocycles. The van der Waals surface area contributed by atoms with E-state index in [4.69, 9.17) is 9.47 Å². The molecule has 0 spiro atoms. The van der Waals surface area contributed by atoms with Gasteiger partial charge < -0.3 is 39.1 Å². The number of hydrogen-bond acceptors (Lipinski definition) is 10. The fourth-order valence-electron chi connectivity index (χ4n) is 5.68. The number of rotatable bonds is 17. The minimum atomic E-state index is -5.57. The minimum Gasteiger partial charge on any atom is -0.487 e. The Morgan fingerprint density at radius 3 is 2.16 bits per heavy atom. The number of carbonyl (C=O) groups is 1. The lowest BCUT2D eigenvalue weighted by Crippen LogP contribution is -2.34. The van der Waals surface area contributed by atoms with E-state index in [1.54, 1.807) is 0 Å². The second-order valence-corrected chi connectivity index (χ2v) is 16.0. The van der Waals surface area contributed by atoms with Gasteiger partial charge in [0.25, 0.3) is 11.0 Å². The number of ether oxygens (including phenoxy) is 2. The van der Waals surface area contributed by atoms with Gasteiger partial charge in [0.05, 0.1) is 24.4 Å². The molecule has 51 heavy (non-hydrogen) atoms. The smallest absolute Gasteiger partial charge is 0.369 e. The third-order valence-electron chi connectivity index (χ3n) is 8.31. The van der Waals surface area contributed by atoms with Crippen LogP contribution in [0.25, 0.3) is 32.3 Å². The molecule has 0 atom stereocenters. The van der Waals surface area contributed by atoms with Gasteiger partial charge in [-0.05, 0) is 81.2 Å². The summed E-state index contributed by atoms with van der Waals surface area (Å²) in [5.74, 6) is -0.585. The van der Waals surface area contributed by atoms with Crippen LogP contribution >= 0.6 is 15.2 Å². The van der Waals surface area contributed by atoms with Crippen molar-refractivity contribution in [1.82, 2.24) is 10.3 Å². The summed E-state index contributed by atoms with van der Waals surface area (Å²) in [5, 5.41) is 28.9. The van der Waals surface area contributed by atoms with Crippen molar-refractivity contribution in [3.63, 3.8) is 0 Å². The van der Waals surface area contributed by atoms with Crippen LogP contribution < -0.4 is 10.2 Å². The maximum absolute atomic E-state index is 12.4. The van der Waals surface area contributed by atoms with Gasteiger partial charge in [0.15, 0.2) is 5.75 Å². The van der Waals surface area contributed by atoms with Crippen molar-refractivity contribution < 1.29 is 53.0 Å². The van der Waals surface area contributed by atoms with Gasteiger partial charge in [0.2, 0.25) is 0 Å². The molecule has 0 unspecified atom stereocenters. The fraction of sp³-hybridized carbons (Fsp3) is 0.273. The number of aliphatic hydroxyl groups is 1. The molecule has 0 radical (unpaired) electrons. The third-order valence-corrected chi connectivity index (χ3v) is 12.2. The Morgan fingerprint density at radius 2 is 1.55 bits per heavy atom. The number of hydrazone groups is 1. The molecule has 0 heterocycles. The van der Waals surface area contributed by atoms with E-state index in [2.05, 4.69) is 46.9 Å². The average Bonchev–Trinajstić information content (AvgIpc) is 3.07. The highest BCUT2D eigenvalue weighted by Gasteiger charge is 2.58. The Kier molecular flexibility index (Phi) is 11.5. The number of nitrogens with zero attached hydrogens (tertiary/aromatic N) is 3. The molecule has 0 aliphatic heterocycles. The number of nitro groups is 1. The van der Waals surface area contributed by atoms with Gasteiger partial charge in [-0.1, -0.05) is 42.5 Å². The molecule has 1 amide bonds. The molecule has 0 fully saturated rings. The first-order valence-electron chi connectivity index (χ1n) is 15.6. The van der Waals surface area contributed by atoms with Gasteiger partial charge in [-0.3, -0.25) is 24.0 Å². The summed E-state index contributed by atoms with van der Waals surface area (Å²) in [4.78, 5) is 61.8. The molecule has 0 saturated heterocycles. The van der Waals surface area contributed by atoms with Crippen LogP contribution in [0.1, 0.15) is 24.0 Å². The normalized spacial score (nSPS) is 12.8. The van der Waals surface area contributed by atoms with Crippen molar-refractivity contribution >= 4 is 65.3 Å². The first-order chi connectivity index (χ1) is 24.1. The van der Waals surface area contributed by atoms with Crippen molar-refractivity contribution in [3.8, 4) is 5.75 Å². The largest absolute Gasteiger partial charge is 0.487 e. The maximum atomic E-state index is 12.4. The SMILES string of the molecule is CN(CCCOc1cc(/C=N/NC(=O)COCc2cc3ccc4cccc5ccc(c2)c3c45)ccc1[N+](=O)[O-])CCC(O)(P(=O)(O)O)P(=O)(O)O. The number of hydrogen-bond donors (Lipinski definition) is 6. The Balaban J connectivity index is 1.10. The Morgan fingerprint density at radius 1 is 0.941 bits per heavy atom. The van der Waals surface area contributed by atoms with E-state index >= 15 is 0 Å². The predicted molar refractivity (Wildman–Crippen MR) is 190 cm³/mol. The van der Waals surface area contributed by atoms with Crippen LogP contribution in [0.2, 0.25) is 0 Å². The van der Waals surface area contributed by atoms with Gasteiger partial charge in [-0.15, -0.1) is 0 Å². The van der Waals surface area contributed by atoms with Crippen molar-refractivity contribution in [1.29, 1.82) is 0 Å². The quantitative estimate of drug-likeness (QED) is 0.0195. The molecule has 0 saturated carbocycles. The molecular formula is C33H36N4O12P2. The molecule has 5 aromatic carbocycles. The van der Waals surface area contributed by atoms with Crippen molar-refractivity contribution in [2.75, 3.05) is 33.4 Å².